The van der Waals surface area contributed by atoms with Crippen molar-refractivity contribution in [2.45, 2.75) is 125 Å². The van der Waals surface area contributed by atoms with E-state index >= 15 is 0 Å². The molecule has 4 heteroatoms. The van der Waals surface area contributed by atoms with E-state index in [9.17, 15) is 14.7 Å². The van der Waals surface area contributed by atoms with Gasteiger partial charge in [0.05, 0.1) is 17.9 Å². The van der Waals surface area contributed by atoms with E-state index in [0.717, 1.165) is 56.9 Å². The summed E-state index contributed by atoms with van der Waals surface area (Å²) < 4.78 is 5.79. The summed E-state index contributed by atoms with van der Waals surface area (Å²) in [7, 11) is 0. The zero-order chi connectivity index (χ0) is 31.0. The molecule has 0 amide bonds. The van der Waals surface area contributed by atoms with Crippen LogP contribution in [0.15, 0.2) is 42.0 Å². The summed E-state index contributed by atoms with van der Waals surface area (Å²) in [6.45, 7) is 17.0. The Hall–Kier alpha value is -1.94. The first-order valence-corrected chi connectivity index (χ1v) is 17.4. The Labute approximate surface area is 260 Å². The Kier molecular flexibility index (Phi) is 7.63. The Morgan fingerprint density at radius 1 is 0.884 bits per heavy atom. The van der Waals surface area contributed by atoms with Gasteiger partial charge in [0, 0.05) is 0 Å². The monoisotopic (exact) mass is 588 g/mol. The number of aliphatic hydroxyl groups is 1. The van der Waals surface area contributed by atoms with E-state index < -0.39 is 5.41 Å². The van der Waals surface area contributed by atoms with Crippen molar-refractivity contribution < 1.29 is 19.4 Å². The number of carbonyl (C=O) groups is 2. The van der Waals surface area contributed by atoms with Crippen molar-refractivity contribution in [2.24, 2.45) is 56.7 Å². The molecule has 10 atom stereocenters. The number of esters is 2. The SMILES string of the molecule is C[C@H]1[C@H](C)CC[C@]2(C(=O)OC(=O)CCc3ccccc3)CC[C@]3(C)C(=CC[C@@H]4[C@@]5(C)CC[C@H](O)C(C)(C)C5CC[C@]43C)[C@H]12. The van der Waals surface area contributed by atoms with E-state index in [1.165, 1.54) is 12.0 Å². The van der Waals surface area contributed by atoms with E-state index in [2.05, 4.69) is 54.5 Å². The van der Waals surface area contributed by atoms with Gasteiger partial charge in [-0.05, 0) is 121 Å². The van der Waals surface area contributed by atoms with Crippen molar-refractivity contribution in [3.05, 3.63) is 47.5 Å². The van der Waals surface area contributed by atoms with Gasteiger partial charge in [-0.2, -0.15) is 0 Å². The highest BCUT2D eigenvalue weighted by Gasteiger charge is 2.69. The number of hydrogen-bond acceptors (Lipinski definition) is 4. The van der Waals surface area contributed by atoms with Crippen LogP contribution in [0.2, 0.25) is 0 Å². The molecule has 0 heterocycles. The van der Waals surface area contributed by atoms with E-state index in [0.29, 0.717) is 30.1 Å². The van der Waals surface area contributed by atoms with Gasteiger partial charge < -0.3 is 9.84 Å². The van der Waals surface area contributed by atoms with Crippen LogP contribution in [0.3, 0.4) is 0 Å². The van der Waals surface area contributed by atoms with Gasteiger partial charge in [0.15, 0.2) is 0 Å². The molecule has 5 aliphatic rings. The Morgan fingerprint density at radius 3 is 2.33 bits per heavy atom. The number of rotatable bonds is 4. The highest BCUT2D eigenvalue weighted by atomic mass is 16.6. The van der Waals surface area contributed by atoms with Crippen molar-refractivity contribution in [3.63, 3.8) is 0 Å². The number of carbonyl (C=O) groups excluding carboxylic acids is 2. The van der Waals surface area contributed by atoms with Crippen molar-refractivity contribution in [1.29, 1.82) is 0 Å². The highest BCUT2D eigenvalue weighted by Crippen LogP contribution is 2.75. The third kappa shape index (κ3) is 4.46. The van der Waals surface area contributed by atoms with E-state index in [4.69, 9.17) is 4.74 Å². The van der Waals surface area contributed by atoms with Gasteiger partial charge in [0.2, 0.25) is 0 Å². The molecule has 0 spiro atoms. The maximum absolute atomic E-state index is 14.2. The van der Waals surface area contributed by atoms with Crippen LogP contribution in [0, 0.1) is 56.7 Å². The summed E-state index contributed by atoms with van der Waals surface area (Å²) in [6.07, 6.45) is 12.2. The number of aliphatic hydroxyl groups excluding tert-OH is 1. The lowest BCUT2D eigenvalue weighted by atomic mass is 9.33. The lowest BCUT2D eigenvalue weighted by molar-refractivity contribution is -0.207. The minimum absolute atomic E-state index is 0.0151. The van der Waals surface area contributed by atoms with Gasteiger partial charge in [0.25, 0.3) is 0 Å². The van der Waals surface area contributed by atoms with Crippen LogP contribution in [0.5, 0.6) is 0 Å². The van der Waals surface area contributed by atoms with Crippen LogP contribution in [-0.4, -0.2) is 23.1 Å². The highest BCUT2D eigenvalue weighted by molar-refractivity contribution is 5.89. The number of hydrogen-bond donors (Lipinski definition) is 1. The molecule has 4 nitrogen and oxygen atoms in total. The number of allylic oxidation sites excluding steroid dienone is 2. The van der Waals surface area contributed by atoms with Gasteiger partial charge in [-0.1, -0.05) is 90.4 Å². The molecule has 1 aromatic carbocycles. The van der Waals surface area contributed by atoms with Crippen LogP contribution < -0.4 is 0 Å². The molecule has 236 valence electrons. The minimum atomic E-state index is -0.610. The second-order valence-electron chi connectivity index (χ2n) is 16.9. The van der Waals surface area contributed by atoms with Gasteiger partial charge in [-0.3, -0.25) is 9.59 Å². The molecule has 0 aromatic heterocycles. The van der Waals surface area contributed by atoms with Crippen LogP contribution in [0.1, 0.15) is 118 Å². The van der Waals surface area contributed by atoms with Gasteiger partial charge >= 0.3 is 11.9 Å². The average molecular weight is 589 g/mol. The zero-order valence-corrected chi connectivity index (χ0v) is 27.9. The number of benzene rings is 1. The average Bonchev–Trinajstić information content (AvgIpc) is 2.97. The number of fused-ring (bicyclic) bond motifs is 7. The fourth-order valence-electron chi connectivity index (χ4n) is 12.0. The molecular weight excluding hydrogens is 532 g/mol. The molecule has 4 saturated carbocycles. The third-order valence-electron chi connectivity index (χ3n) is 15.0. The minimum Gasteiger partial charge on any atom is -0.393 e. The lowest BCUT2D eigenvalue weighted by Gasteiger charge is -2.71. The molecule has 0 radical (unpaired) electrons. The standard InChI is InChI=1S/C39H56O4/c1-25-17-22-39(34(42)43-32(41)16-13-27-11-9-8-10-12-27)24-23-37(6)28(33(39)26(25)2)14-15-30-36(5)20-19-31(40)35(3,4)29(36)18-21-38(30,37)7/h8-12,14,25-26,29-31,33,40H,13,15-24H2,1-7H3/t25-,26+,29?,30-,31+,33+,36+,37-,38-,39+/m1/s1. The topological polar surface area (TPSA) is 63.6 Å². The molecule has 0 saturated heterocycles. The lowest BCUT2D eigenvalue weighted by Crippen LogP contribution is -2.65. The molecule has 0 bridgehead atoms. The summed E-state index contributed by atoms with van der Waals surface area (Å²) in [5.41, 5.74) is 2.27. The van der Waals surface area contributed by atoms with Crippen LogP contribution in [0.25, 0.3) is 0 Å². The summed E-state index contributed by atoms with van der Waals surface area (Å²) in [5, 5.41) is 11.0. The van der Waals surface area contributed by atoms with Crippen molar-refractivity contribution in [2.75, 3.05) is 0 Å². The molecule has 5 aliphatic carbocycles. The summed E-state index contributed by atoms with van der Waals surface area (Å²) in [4.78, 5) is 27.3. The van der Waals surface area contributed by atoms with Crippen LogP contribution in [-0.2, 0) is 20.7 Å². The number of ether oxygens (including phenoxy) is 1. The molecular formula is C39H56O4. The van der Waals surface area contributed by atoms with E-state index in [1.54, 1.807) is 0 Å². The molecule has 6 rings (SSSR count). The van der Waals surface area contributed by atoms with Crippen molar-refractivity contribution in [1.82, 2.24) is 0 Å². The maximum Gasteiger partial charge on any atom is 0.320 e. The van der Waals surface area contributed by atoms with Crippen molar-refractivity contribution >= 4 is 11.9 Å². The first-order valence-electron chi connectivity index (χ1n) is 17.4. The van der Waals surface area contributed by atoms with E-state index in [1.807, 2.05) is 30.3 Å². The van der Waals surface area contributed by atoms with Crippen molar-refractivity contribution in [3.8, 4) is 0 Å². The predicted molar refractivity (Wildman–Crippen MR) is 171 cm³/mol. The fraction of sp³-hybridized carbons (Fsp3) is 0.744. The quantitative estimate of drug-likeness (QED) is 0.217. The second-order valence-corrected chi connectivity index (χ2v) is 16.9. The number of aryl methyl sites for hydroxylation is 1. The first kappa shape index (κ1) is 31.1. The Morgan fingerprint density at radius 2 is 1.60 bits per heavy atom. The summed E-state index contributed by atoms with van der Waals surface area (Å²) >= 11 is 0. The van der Waals surface area contributed by atoms with Crippen LogP contribution in [0.4, 0.5) is 0 Å². The normalized spacial score (nSPS) is 45.0. The molecule has 4 fully saturated rings. The van der Waals surface area contributed by atoms with Crippen LogP contribution >= 0.6 is 0 Å². The van der Waals surface area contributed by atoms with Gasteiger partial charge in [-0.15, -0.1) is 0 Å². The summed E-state index contributed by atoms with van der Waals surface area (Å²) in [6, 6.07) is 9.97. The molecule has 1 aromatic rings. The predicted octanol–water partition coefficient (Wildman–Crippen LogP) is 8.71. The Bertz CT molecular complexity index is 1280. The molecule has 0 aliphatic heterocycles. The zero-order valence-electron chi connectivity index (χ0n) is 27.9. The smallest absolute Gasteiger partial charge is 0.320 e. The fourth-order valence-corrected chi connectivity index (χ4v) is 12.0. The Balaban J connectivity index is 1.31. The molecule has 43 heavy (non-hydrogen) atoms. The third-order valence-corrected chi connectivity index (χ3v) is 15.0. The summed E-state index contributed by atoms with van der Waals surface area (Å²) in [5.74, 6) is 1.45. The maximum atomic E-state index is 14.2. The van der Waals surface area contributed by atoms with Gasteiger partial charge in [0.1, 0.15) is 0 Å². The largest absolute Gasteiger partial charge is 0.393 e. The van der Waals surface area contributed by atoms with E-state index in [-0.39, 0.29) is 52.0 Å². The van der Waals surface area contributed by atoms with Gasteiger partial charge in [-0.25, -0.2) is 0 Å². The molecule has 1 N–H and O–H groups in total. The first-order chi connectivity index (χ1) is 20.2. The second kappa shape index (κ2) is 10.6. The molecule has 1 unspecified atom stereocenters.